The van der Waals surface area contributed by atoms with Gasteiger partial charge < -0.3 is 9.84 Å². The molecule has 0 aliphatic carbocycles. The summed E-state index contributed by atoms with van der Waals surface area (Å²) in [6, 6.07) is 18.5. The van der Waals surface area contributed by atoms with E-state index in [0.29, 0.717) is 12.2 Å². The van der Waals surface area contributed by atoms with Gasteiger partial charge in [-0.05, 0) is 38.8 Å². The molecule has 2 aromatic carbocycles. The highest BCUT2D eigenvalue weighted by molar-refractivity contribution is 5.80. The second-order valence-electron chi connectivity index (χ2n) is 5.83. The number of aliphatic carboxylic acids is 1. The van der Waals surface area contributed by atoms with Crippen LogP contribution in [0.1, 0.15) is 44.7 Å². The van der Waals surface area contributed by atoms with Crippen LogP contribution < -0.4 is 0 Å². The number of carboxylic acid groups (broad SMARTS) is 1. The van der Waals surface area contributed by atoms with E-state index in [-0.39, 0.29) is 0 Å². The van der Waals surface area contributed by atoms with E-state index in [1.165, 1.54) is 0 Å². The molecule has 0 radical (unpaired) electrons. The molecule has 0 saturated carbocycles. The van der Waals surface area contributed by atoms with Crippen molar-refractivity contribution in [2.24, 2.45) is 0 Å². The molecule has 0 atom stereocenters. The van der Waals surface area contributed by atoms with Gasteiger partial charge in [0.05, 0.1) is 12.2 Å². The lowest BCUT2D eigenvalue weighted by atomic mass is 9.92. The van der Waals surface area contributed by atoms with Gasteiger partial charge in [0.25, 0.3) is 0 Å². The van der Waals surface area contributed by atoms with Gasteiger partial charge in [0.2, 0.25) is 0 Å². The number of carbonyl (C=O) groups is 1. The maximum absolute atomic E-state index is 11.3. The number of rotatable bonds is 5. The number of benzene rings is 2. The lowest BCUT2D eigenvalue weighted by Gasteiger charge is -2.12. The quantitative estimate of drug-likeness (QED) is 0.868. The summed E-state index contributed by atoms with van der Waals surface area (Å²) in [7, 11) is 0. The summed E-state index contributed by atoms with van der Waals surface area (Å²) in [5.41, 5.74) is 1.61. The second-order valence-corrected chi connectivity index (χ2v) is 5.83. The van der Waals surface area contributed by atoms with E-state index in [2.05, 4.69) is 0 Å². The van der Waals surface area contributed by atoms with Crippen LogP contribution in [0.4, 0.5) is 0 Å². The van der Waals surface area contributed by atoms with Crippen molar-refractivity contribution in [3.8, 4) is 0 Å². The number of ether oxygens (including phenoxy) is 1. The first-order valence-corrected chi connectivity index (χ1v) is 7.90. The van der Waals surface area contributed by atoms with Crippen LogP contribution in [-0.4, -0.2) is 23.3 Å². The molecule has 124 valence electrons. The third-order valence-corrected chi connectivity index (χ3v) is 3.06. The Bertz CT molecular complexity index is 516. The van der Waals surface area contributed by atoms with Crippen molar-refractivity contribution in [1.29, 1.82) is 0 Å². The Morgan fingerprint density at radius 1 is 0.783 bits per heavy atom. The normalized spacial score (nSPS) is 10.6. The van der Waals surface area contributed by atoms with Crippen LogP contribution in [-0.2, 0) is 9.53 Å². The zero-order valence-corrected chi connectivity index (χ0v) is 14.3. The van der Waals surface area contributed by atoms with Gasteiger partial charge in [0.1, 0.15) is 5.92 Å². The van der Waals surface area contributed by atoms with E-state index in [9.17, 15) is 9.90 Å². The first-order chi connectivity index (χ1) is 10.9. The molecule has 2 rings (SSSR count). The minimum atomic E-state index is -0.822. The predicted molar refractivity (Wildman–Crippen MR) is 93.7 cm³/mol. The van der Waals surface area contributed by atoms with Gasteiger partial charge in [0, 0.05) is 0 Å². The summed E-state index contributed by atoms with van der Waals surface area (Å²) >= 11 is 0. The van der Waals surface area contributed by atoms with Crippen LogP contribution in [0, 0.1) is 0 Å². The van der Waals surface area contributed by atoms with Crippen LogP contribution in [0.5, 0.6) is 0 Å². The number of carboxylic acids is 1. The number of hydrogen-bond donors (Lipinski definition) is 1. The largest absolute Gasteiger partial charge is 0.481 e. The molecule has 0 spiro atoms. The Kier molecular flexibility index (Phi) is 8.06. The molecule has 0 aliphatic heterocycles. The summed E-state index contributed by atoms with van der Waals surface area (Å²) in [6.07, 6.45) is 0.750. The Balaban J connectivity index is 0.000000322. The van der Waals surface area contributed by atoms with Crippen molar-refractivity contribution in [2.75, 3.05) is 0 Å². The minimum absolute atomic E-state index is 0.375. The maximum Gasteiger partial charge on any atom is 0.315 e. The molecule has 0 aromatic heterocycles. The van der Waals surface area contributed by atoms with Crippen molar-refractivity contribution in [3.05, 3.63) is 71.8 Å². The molecule has 0 amide bonds. The first-order valence-electron chi connectivity index (χ1n) is 7.90. The summed E-state index contributed by atoms with van der Waals surface area (Å²) in [6.45, 7) is 8.17. The fourth-order valence-electron chi connectivity index (χ4n) is 2.31. The van der Waals surface area contributed by atoms with Gasteiger partial charge in [-0.3, -0.25) is 4.79 Å². The highest BCUT2D eigenvalue weighted by atomic mass is 16.5. The lowest BCUT2D eigenvalue weighted by Crippen LogP contribution is -2.12. The molecule has 1 N–H and O–H groups in total. The molecule has 23 heavy (non-hydrogen) atoms. The van der Waals surface area contributed by atoms with E-state index < -0.39 is 11.9 Å². The molecule has 0 heterocycles. The van der Waals surface area contributed by atoms with E-state index >= 15 is 0 Å². The summed E-state index contributed by atoms with van der Waals surface area (Å²) in [4.78, 5) is 11.3. The Morgan fingerprint density at radius 2 is 1.13 bits per heavy atom. The van der Waals surface area contributed by atoms with Gasteiger partial charge in [-0.1, -0.05) is 60.7 Å². The predicted octanol–water partition coefficient (Wildman–Crippen LogP) is 4.72. The molecular weight excluding hydrogens is 288 g/mol. The molecule has 0 bridgehead atoms. The van der Waals surface area contributed by atoms with Gasteiger partial charge in [-0.2, -0.15) is 0 Å². The van der Waals surface area contributed by atoms with E-state index in [1.807, 2.05) is 88.4 Å². The van der Waals surface area contributed by atoms with E-state index in [1.54, 1.807) is 0 Å². The fourth-order valence-corrected chi connectivity index (χ4v) is 2.31. The molecule has 0 aliphatic rings. The van der Waals surface area contributed by atoms with Crippen molar-refractivity contribution in [3.63, 3.8) is 0 Å². The smallest absolute Gasteiger partial charge is 0.315 e. The van der Waals surface area contributed by atoms with Crippen LogP contribution in [0.2, 0.25) is 0 Å². The maximum atomic E-state index is 11.3. The van der Waals surface area contributed by atoms with Gasteiger partial charge in [-0.25, -0.2) is 0 Å². The van der Waals surface area contributed by atoms with E-state index in [0.717, 1.165) is 11.1 Å². The van der Waals surface area contributed by atoms with Gasteiger partial charge in [-0.15, -0.1) is 0 Å². The van der Waals surface area contributed by atoms with Crippen molar-refractivity contribution < 1.29 is 14.6 Å². The molecule has 3 nitrogen and oxygen atoms in total. The molecule has 0 saturated heterocycles. The first kappa shape index (κ1) is 18.9. The summed E-state index contributed by atoms with van der Waals surface area (Å²) < 4.78 is 5.25. The zero-order valence-electron chi connectivity index (χ0n) is 14.3. The second kappa shape index (κ2) is 9.80. The highest BCUT2D eigenvalue weighted by Crippen LogP contribution is 2.24. The number of hydrogen-bond acceptors (Lipinski definition) is 2. The Morgan fingerprint density at radius 3 is 1.35 bits per heavy atom. The monoisotopic (exact) mass is 314 g/mol. The fraction of sp³-hybridized carbons (Fsp3) is 0.350. The standard InChI is InChI=1S/C14H12O2.C6H14O/c15-14(16)13(11-7-3-1-4-8-11)12-9-5-2-6-10-12;1-5(2)7-6(3)4/h1-10,13H,(H,15,16);5-6H,1-4H3. The summed E-state index contributed by atoms with van der Waals surface area (Å²) in [5.74, 6) is -1.40. The average molecular weight is 314 g/mol. The lowest BCUT2D eigenvalue weighted by molar-refractivity contribution is -0.137. The molecular formula is C20H26O3. The molecule has 2 aromatic rings. The minimum Gasteiger partial charge on any atom is -0.481 e. The zero-order chi connectivity index (χ0) is 17.2. The van der Waals surface area contributed by atoms with Crippen LogP contribution >= 0.6 is 0 Å². The highest BCUT2D eigenvalue weighted by Gasteiger charge is 2.21. The van der Waals surface area contributed by atoms with Crippen LogP contribution in [0.25, 0.3) is 0 Å². The summed E-state index contributed by atoms with van der Waals surface area (Å²) in [5, 5.41) is 9.28. The average Bonchev–Trinajstić information content (AvgIpc) is 2.48. The van der Waals surface area contributed by atoms with Crippen molar-refractivity contribution in [1.82, 2.24) is 0 Å². The third kappa shape index (κ3) is 7.11. The van der Waals surface area contributed by atoms with Crippen LogP contribution in [0.3, 0.4) is 0 Å². The molecule has 0 unspecified atom stereocenters. The molecule has 0 fully saturated rings. The van der Waals surface area contributed by atoms with Gasteiger partial charge in [0.15, 0.2) is 0 Å². The van der Waals surface area contributed by atoms with Crippen LogP contribution in [0.15, 0.2) is 60.7 Å². The Labute approximate surface area is 138 Å². The Hall–Kier alpha value is -2.13. The third-order valence-electron chi connectivity index (χ3n) is 3.06. The van der Waals surface area contributed by atoms with Gasteiger partial charge >= 0.3 is 5.97 Å². The van der Waals surface area contributed by atoms with Crippen molar-refractivity contribution >= 4 is 5.97 Å². The van der Waals surface area contributed by atoms with E-state index in [4.69, 9.17) is 4.74 Å². The molecule has 3 heteroatoms. The SMILES string of the molecule is CC(C)OC(C)C.O=C(O)C(c1ccccc1)c1ccccc1. The van der Waals surface area contributed by atoms with Crippen molar-refractivity contribution in [2.45, 2.75) is 45.8 Å². The topological polar surface area (TPSA) is 46.5 Å².